The normalized spacial score (nSPS) is 14.2. The van der Waals surface area contributed by atoms with Gasteiger partial charge in [0, 0.05) is 23.8 Å². The molecule has 4 aromatic rings. The van der Waals surface area contributed by atoms with E-state index in [1.165, 1.54) is 4.57 Å². The second-order valence-electron chi connectivity index (χ2n) is 7.85. The number of rotatable bonds is 6. The first-order valence-electron chi connectivity index (χ1n) is 10.7. The molecule has 9 heteroatoms. The van der Waals surface area contributed by atoms with Crippen LogP contribution < -0.4 is 15.7 Å². The SMILES string of the molecule is Cn1cc(C2c3ccc(Cl)cc3C=Cc3sc(NCCOc4ccccc4)nc32)c(=S)[nH]c1=O. The number of hydrogen-bond donors (Lipinski definition) is 2. The zero-order valence-corrected chi connectivity index (χ0v) is 20.6. The van der Waals surface area contributed by atoms with Crippen LogP contribution >= 0.6 is 35.2 Å². The topological polar surface area (TPSA) is 71.9 Å². The zero-order valence-electron chi connectivity index (χ0n) is 18.2. The zero-order chi connectivity index (χ0) is 23.7. The Hall–Kier alpha value is -3.20. The lowest BCUT2D eigenvalue weighted by molar-refractivity contribution is 0.333. The van der Waals surface area contributed by atoms with Crippen LogP contribution in [0, 0.1) is 4.64 Å². The van der Waals surface area contributed by atoms with Gasteiger partial charge in [-0.1, -0.05) is 65.5 Å². The fraction of sp³-hybridized carbons (Fsp3) is 0.160. The lowest BCUT2D eigenvalue weighted by Gasteiger charge is -2.19. The van der Waals surface area contributed by atoms with E-state index in [2.05, 4.69) is 22.5 Å². The van der Waals surface area contributed by atoms with Crippen molar-refractivity contribution < 1.29 is 4.74 Å². The number of fused-ring (bicyclic) bond motifs is 2. The second kappa shape index (κ2) is 9.58. The van der Waals surface area contributed by atoms with Gasteiger partial charge in [-0.25, -0.2) is 9.78 Å². The van der Waals surface area contributed by atoms with Crippen molar-refractivity contribution in [3.05, 3.63) is 102 Å². The van der Waals surface area contributed by atoms with Crippen LogP contribution in [0.2, 0.25) is 5.02 Å². The Morgan fingerprint density at radius 3 is 2.85 bits per heavy atom. The van der Waals surface area contributed by atoms with Gasteiger partial charge in [0.05, 0.1) is 23.0 Å². The highest BCUT2D eigenvalue weighted by Gasteiger charge is 2.28. The predicted octanol–water partition coefficient (Wildman–Crippen LogP) is 5.71. The van der Waals surface area contributed by atoms with Crippen LogP contribution in [0.15, 0.2) is 59.5 Å². The standard InChI is InChI=1S/C25H21ClN4O2S2/c1-30-14-19(23(33)29-25(30)31)21-18-9-8-16(26)13-15(18)7-10-20-22(21)28-24(34-20)27-11-12-32-17-5-3-2-4-6-17/h2-10,13-14,21H,11-12H2,1H3,(H,27,28)(H,29,31,33). The summed E-state index contributed by atoms with van der Waals surface area (Å²) in [5, 5.41) is 4.83. The minimum Gasteiger partial charge on any atom is -0.492 e. The van der Waals surface area contributed by atoms with E-state index < -0.39 is 0 Å². The minimum atomic E-state index is -0.254. The fourth-order valence-corrected chi connectivity index (χ4v) is 5.33. The summed E-state index contributed by atoms with van der Waals surface area (Å²) in [5.41, 5.74) is 3.47. The third-order valence-corrected chi connectivity index (χ3v) is 7.13. The molecule has 0 radical (unpaired) electrons. The number of aromatic amines is 1. The molecule has 1 aliphatic rings. The number of aryl methyl sites for hydroxylation is 1. The third-order valence-electron chi connectivity index (χ3n) is 5.57. The Labute approximate surface area is 210 Å². The molecule has 2 N–H and O–H groups in total. The summed E-state index contributed by atoms with van der Waals surface area (Å²) in [6, 6.07) is 15.5. The number of H-pyrrole nitrogens is 1. The van der Waals surface area contributed by atoms with Crippen molar-refractivity contribution in [2.75, 3.05) is 18.5 Å². The molecule has 0 spiro atoms. The monoisotopic (exact) mass is 508 g/mol. The highest BCUT2D eigenvalue weighted by molar-refractivity contribution is 7.71. The Morgan fingerprint density at radius 2 is 2.03 bits per heavy atom. The van der Waals surface area contributed by atoms with Crippen LogP contribution in [-0.4, -0.2) is 27.7 Å². The van der Waals surface area contributed by atoms with Gasteiger partial charge >= 0.3 is 5.69 Å². The van der Waals surface area contributed by atoms with Gasteiger partial charge in [-0.15, -0.1) is 0 Å². The van der Waals surface area contributed by atoms with E-state index in [0.29, 0.717) is 22.8 Å². The molecule has 0 aliphatic heterocycles. The molecule has 2 aromatic carbocycles. The van der Waals surface area contributed by atoms with Crippen LogP contribution in [0.25, 0.3) is 12.2 Å². The molecular weight excluding hydrogens is 488 g/mol. The first kappa shape index (κ1) is 22.6. The van der Waals surface area contributed by atoms with Crippen LogP contribution in [0.3, 0.4) is 0 Å². The highest BCUT2D eigenvalue weighted by atomic mass is 35.5. The van der Waals surface area contributed by atoms with E-state index in [4.69, 9.17) is 33.5 Å². The van der Waals surface area contributed by atoms with Gasteiger partial charge in [0.2, 0.25) is 0 Å². The maximum absolute atomic E-state index is 12.1. The van der Waals surface area contributed by atoms with Crippen molar-refractivity contribution in [2.24, 2.45) is 7.05 Å². The minimum absolute atomic E-state index is 0.250. The smallest absolute Gasteiger partial charge is 0.326 e. The number of hydrogen-bond acceptors (Lipinski definition) is 6. The van der Waals surface area contributed by atoms with Crippen molar-refractivity contribution >= 4 is 52.4 Å². The first-order valence-corrected chi connectivity index (χ1v) is 12.3. The summed E-state index contributed by atoms with van der Waals surface area (Å²) in [4.78, 5) is 20.9. The molecule has 2 heterocycles. The van der Waals surface area contributed by atoms with Gasteiger partial charge in [-0.3, -0.25) is 4.98 Å². The Bertz CT molecular complexity index is 1490. The second-order valence-corrected chi connectivity index (χ2v) is 9.73. The Kier molecular flexibility index (Phi) is 6.36. The molecule has 1 aliphatic carbocycles. The van der Waals surface area contributed by atoms with Crippen LogP contribution in [0.5, 0.6) is 5.75 Å². The van der Waals surface area contributed by atoms with Gasteiger partial charge in [0.25, 0.3) is 0 Å². The van der Waals surface area contributed by atoms with E-state index in [0.717, 1.165) is 38.1 Å². The molecule has 34 heavy (non-hydrogen) atoms. The van der Waals surface area contributed by atoms with Crippen molar-refractivity contribution in [3.63, 3.8) is 0 Å². The molecule has 0 saturated heterocycles. The predicted molar refractivity (Wildman–Crippen MR) is 141 cm³/mol. The van der Waals surface area contributed by atoms with Crippen molar-refractivity contribution in [2.45, 2.75) is 5.92 Å². The molecule has 1 unspecified atom stereocenters. The van der Waals surface area contributed by atoms with Crippen molar-refractivity contribution in [1.82, 2.24) is 14.5 Å². The number of ether oxygens (including phenoxy) is 1. The summed E-state index contributed by atoms with van der Waals surface area (Å²) in [7, 11) is 1.70. The summed E-state index contributed by atoms with van der Waals surface area (Å²) in [5.74, 6) is 0.585. The van der Waals surface area contributed by atoms with Crippen LogP contribution in [-0.2, 0) is 7.05 Å². The molecule has 172 valence electrons. The highest BCUT2D eigenvalue weighted by Crippen LogP contribution is 2.42. The molecule has 5 rings (SSSR count). The number of nitrogens with zero attached hydrogens (tertiary/aromatic N) is 2. The molecule has 0 fully saturated rings. The molecule has 0 saturated carbocycles. The number of halogens is 1. The maximum atomic E-state index is 12.1. The van der Waals surface area contributed by atoms with E-state index >= 15 is 0 Å². The average Bonchev–Trinajstić information content (AvgIpc) is 3.17. The Morgan fingerprint density at radius 1 is 1.21 bits per heavy atom. The molecule has 0 amide bonds. The van der Waals surface area contributed by atoms with Gasteiger partial charge in [0.1, 0.15) is 17.0 Å². The molecule has 0 bridgehead atoms. The summed E-state index contributed by atoms with van der Waals surface area (Å²) in [6.07, 6.45) is 5.90. The maximum Gasteiger partial charge on any atom is 0.326 e. The largest absolute Gasteiger partial charge is 0.492 e. The summed E-state index contributed by atoms with van der Waals surface area (Å²) < 4.78 is 7.68. The van der Waals surface area contributed by atoms with Gasteiger partial charge in [-0.05, 0) is 41.5 Å². The van der Waals surface area contributed by atoms with E-state index in [9.17, 15) is 4.79 Å². The van der Waals surface area contributed by atoms with Crippen LogP contribution in [0.4, 0.5) is 5.13 Å². The molecular formula is C25H21ClN4O2S2. The number of benzene rings is 2. The third kappa shape index (κ3) is 4.57. The fourth-order valence-electron chi connectivity index (χ4n) is 3.96. The van der Waals surface area contributed by atoms with E-state index in [1.807, 2.05) is 48.5 Å². The lowest BCUT2D eigenvalue weighted by Crippen LogP contribution is -2.22. The molecule has 1 atom stereocenters. The van der Waals surface area contributed by atoms with Crippen LogP contribution in [0.1, 0.15) is 33.2 Å². The first-order chi connectivity index (χ1) is 16.5. The van der Waals surface area contributed by atoms with Gasteiger partial charge in [-0.2, -0.15) is 0 Å². The Balaban J connectivity index is 1.49. The number of thiazole rings is 1. The average molecular weight is 509 g/mol. The van der Waals surface area contributed by atoms with E-state index in [1.54, 1.807) is 24.6 Å². The number of nitrogens with one attached hydrogen (secondary N) is 2. The van der Waals surface area contributed by atoms with Crippen molar-refractivity contribution in [3.8, 4) is 5.75 Å². The molecule has 2 aromatic heterocycles. The van der Waals surface area contributed by atoms with E-state index in [-0.39, 0.29) is 11.6 Å². The van der Waals surface area contributed by atoms with Gasteiger partial charge < -0.3 is 14.6 Å². The summed E-state index contributed by atoms with van der Waals surface area (Å²) in [6.45, 7) is 1.13. The lowest BCUT2D eigenvalue weighted by atomic mass is 9.88. The summed E-state index contributed by atoms with van der Waals surface area (Å²) >= 11 is 13.4. The number of anilines is 1. The molecule has 6 nitrogen and oxygen atoms in total. The quantitative estimate of drug-likeness (QED) is 0.227. The number of para-hydroxylation sites is 1. The van der Waals surface area contributed by atoms with Crippen molar-refractivity contribution in [1.29, 1.82) is 0 Å². The van der Waals surface area contributed by atoms with Gasteiger partial charge in [0.15, 0.2) is 5.13 Å². The number of aromatic nitrogens is 3.